The molecule has 1 unspecified atom stereocenters. The fourth-order valence-corrected chi connectivity index (χ4v) is 4.53. The maximum Gasteiger partial charge on any atom is 0.255 e. The maximum atomic E-state index is 12.8. The first-order valence-electron chi connectivity index (χ1n) is 10.2. The summed E-state index contributed by atoms with van der Waals surface area (Å²) in [6.07, 6.45) is 0. The minimum Gasteiger partial charge on any atom is -0.324 e. The first-order valence-corrected chi connectivity index (χ1v) is 11.9. The molecule has 0 heterocycles. The number of halogens is 2. The van der Waals surface area contributed by atoms with Gasteiger partial charge in [-0.2, -0.15) is 0 Å². The second kappa shape index (κ2) is 10.3. The van der Waals surface area contributed by atoms with E-state index in [4.69, 9.17) is 23.2 Å². The fraction of sp³-hybridized carbons (Fsp3) is 0.0769. The first-order chi connectivity index (χ1) is 15.9. The molecule has 0 aliphatic carbocycles. The molecule has 0 fully saturated rings. The quantitative estimate of drug-likeness (QED) is 0.272. The van der Waals surface area contributed by atoms with E-state index in [-0.39, 0.29) is 11.8 Å². The van der Waals surface area contributed by atoms with Crippen LogP contribution in [0.3, 0.4) is 0 Å². The highest BCUT2D eigenvalue weighted by atomic mass is 35.5. The van der Waals surface area contributed by atoms with Crippen molar-refractivity contribution in [2.75, 3.05) is 10.6 Å². The van der Waals surface area contributed by atoms with Gasteiger partial charge in [0.1, 0.15) is 0 Å². The van der Waals surface area contributed by atoms with E-state index in [1.807, 2.05) is 66.7 Å². The number of amides is 2. The van der Waals surface area contributed by atoms with Gasteiger partial charge in [-0.1, -0.05) is 59.6 Å². The molecule has 0 aliphatic heterocycles. The van der Waals surface area contributed by atoms with Crippen LogP contribution in [0.1, 0.15) is 17.3 Å². The Morgan fingerprint density at radius 2 is 1.61 bits per heavy atom. The number of fused-ring (bicyclic) bond motifs is 1. The lowest BCUT2D eigenvalue weighted by atomic mass is 10.1. The summed E-state index contributed by atoms with van der Waals surface area (Å²) < 4.78 is 0. The Bertz CT molecular complexity index is 1340. The Hall–Kier alpha value is -2.99. The monoisotopic (exact) mass is 494 g/mol. The van der Waals surface area contributed by atoms with E-state index >= 15 is 0 Å². The number of benzene rings is 4. The van der Waals surface area contributed by atoms with Gasteiger partial charge in [-0.3, -0.25) is 9.59 Å². The van der Waals surface area contributed by atoms with Crippen LogP contribution in [-0.4, -0.2) is 17.1 Å². The normalized spacial score (nSPS) is 11.7. The maximum absolute atomic E-state index is 12.8. The molecule has 7 heteroatoms. The van der Waals surface area contributed by atoms with Crippen molar-refractivity contribution in [1.29, 1.82) is 0 Å². The Labute approximate surface area is 206 Å². The minimum absolute atomic E-state index is 0.190. The van der Waals surface area contributed by atoms with Gasteiger partial charge >= 0.3 is 0 Å². The van der Waals surface area contributed by atoms with Crippen molar-refractivity contribution in [2.24, 2.45) is 0 Å². The number of anilines is 2. The van der Waals surface area contributed by atoms with Crippen LogP contribution in [0.2, 0.25) is 10.0 Å². The van der Waals surface area contributed by atoms with Crippen molar-refractivity contribution in [3.05, 3.63) is 101 Å². The van der Waals surface area contributed by atoms with Crippen molar-refractivity contribution in [1.82, 2.24) is 0 Å². The second-order valence-corrected chi connectivity index (χ2v) is 9.68. The van der Waals surface area contributed by atoms with Gasteiger partial charge in [0.2, 0.25) is 5.91 Å². The lowest BCUT2D eigenvalue weighted by molar-refractivity contribution is -0.115. The predicted molar refractivity (Wildman–Crippen MR) is 139 cm³/mol. The van der Waals surface area contributed by atoms with Crippen LogP contribution in [0.25, 0.3) is 10.8 Å². The SMILES string of the molecule is CC(Sc1cccc(NC(=O)c2ccc3ccccc3c2)c1)C(=O)Nc1cc(Cl)ccc1Cl. The zero-order chi connectivity index (χ0) is 23.4. The number of thioether (sulfide) groups is 1. The van der Waals surface area contributed by atoms with Crippen molar-refractivity contribution in [2.45, 2.75) is 17.1 Å². The number of hydrogen-bond acceptors (Lipinski definition) is 3. The molecule has 4 aromatic rings. The third kappa shape index (κ3) is 5.88. The smallest absolute Gasteiger partial charge is 0.255 e. The van der Waals surface area contributed by atoms with Gasteiger partial charge in [-0.15, -0.1) is 11.8 Å². The molecular weight excluding hydrogens is 475 g/mol. The van der Waals surface area contributed by atoms with Crippen molar-refractivity contribution in [3.8, 4) is 0 Å². The molecule has 166 valence electrons. The van der Waals surface area contributed by atoms with Gasteiger partial charge in [-0.25, -0.2) is 0 Å². The molecule has 0 aromatic heterocycles. The van der Waals surface area contributed by atoms with E-state index in [0.29, 0.717) is 27.0 Å². The molecule has 4 aromatic carbocycles. The van der Waals surface area contributed by atoms with Crippen LogP contribution in [0.4, 0.5) is 11.4 Å². The summed E-state index contributed by atoms with van der Waals surface area (Å²) in [7, 11) is 0. The van der Waals surface area contributed by atoms with Gasteiger partial charge in [0.25, 0.3) is 5.91 Å². The van der Waals surface area contributed by atoms with E-state index in [2.05, 4.69) is 10.6 Å². The van der Waals surface area contributed by atoms with Crippen molar-refractivity contribution in [3.63, 3.8) is 0 Å². The highest BCUT2D eigenvalue weighted by Gasteiger charge is 2.17. The molecule has 0 bridgehead atoms. The molecule has 2 amide bonds. The first kappa shape index (κ1) is 23.2. The van der Waals surface area contributed by atoms with Gasteiger partial charge < -0.3 is 10.6 Å². The van der Waals surface area contributed by atoms with Crippen LogP contribution < -0.4 is 10.6 Å². The third-order valence-corrected chi connectivity index (χ3v) is 6.63. The number of rotatable bonds is 6. The number of nitrogens with one attached hydrogen (secondary N) is 2. The van der Waals surface area contributed by atoms with E-state index in [1.165, 1.54) is 11.8 Å². The van der Waals surface area contributed by atoms with Gasteiger partial charge in [0.15, 0.2) is 0 Å². The fourth-order valence-electron chi connectivity index (χ4n) is 3.27. The Morgan fingerprint density at radius 1 is 0.818 bits per heavy atom. The van der Waals surface area contributed by atoms with Gasteiger partial charge in [-0.05, 0) is 66.2 Å². The summed E-state index contributed by atoms with van der Waals surface area (Å²) in [5.41, 5.74) is 1.71. The number of hydrogen-bond donors (Lipinski definition) is 2. The molecule has 0 radical (unpaired) electrons. The van der Waals surface area contributed by atoms with Crippen molar-refractivity contribution >= 4 is 68.9 Å². The Balaban J connectivity index is 1.42. The van der Waals surface area contributed by atoms with Gasteiger partial charge in [0, 0.05) is 21.2 Å². The average Bonchev–Trinajstić information content (AvgIpc) is 2.81. The zero-order valence-corrected chi connectivity index (χ0v) is 20.0. The lowest BCUT2D eigenvalue weighted by Crippen LogP contribution is -2.22. The molecule has 0 saturated carbocycles. The molecule has 4 rings (SSSR count). The molecule has 2 N–H and O–H groups in total. The summed E-state index contributed by atoms with van der Waals surface area (Å²) in [5, 5.41) is 8.35. The highest BCUT2D eigenvalue weighted by Crippen LogP contribution is 2.29. The lowest BCUT2D eigenvalue weighted by Gasteiger charge is -2.14. The summed E-state index contributed by atoms with van der Waals surface area (Å²) in [6, 6.07) is 25.8. The summed E-state index contributed by atoms with van der Waals surface area (Å²) in [6.45, 7) is 1.80. The van der Waals surface area contributed by atoms with E-state index in [0.717, 1.165) is 15.7 Å². The Kier molecular flexibility index (Phi) is 7.23. The summed E-state index contributed by atoms with van der Waals surface area (Å²) >= 11 is 13.5. The number of carbonyl (C=O) groups is 2. The van der Waals surface area contributed by atoms with Crippen molar-refractivity contribution < 1.29 is 9.59 Å². The molecule has 33 heavy (non-hydrogen) atoms. The zero-order valence-electron chi connectivity index (χ0n) is 17.6. The van der Waals surface area contributed by atoms with Crippen LogP contribution in [0.5, 0.6) is 0 Å². The molecule has 4 nitrogen and oxygen atoms in total. The molecule has 0 aliphatic rings. The second-order valence-electron chi connectivity index (χ2n) is 7.42. The average molecular weight is 495 g/mol. The largest absolute Gasteiger partial charge is 0.324 e. The van der Waals surface area contributed by atoms with Crippen LogP contribution >= 0.6 is 35.0 Å². The predicted octanol–water partition coefficient (Wildman–Crippen LogP) is 7.52. The molecule has 0 saturated heterocycles. The summed E-state index contributed by atoms with van der Waals surface area (Å²) in [5.74, 6) is -0.390. The standard InChI is InChI=1S/C26H20Cl2N2O2S/c1-16(25(31)30-24-14-20(27)11-12-23(24)28)33-22-8-4-7-21(15-22)29-26(32)19-10-9-17-5-2-3-6-18(17)13-19/h2-16H,1H3,(H,29,32)(H,30,31). The topological polar surface area (TPSA) is 58.2 Å². The highest BCUT2D eigenvalue weighted by molar-refractivity contribution is 8.00. The molecule has 1 atom stereocenters. The van der Waals surface area contributed by atoms with E-state index in [1.54, 1.807) is 25.1 Å². The third-order valence-electron chi connectivity index (χ3n) is 4.97. The Morgan fingerprint density at radius 3 is 2.42 bits per heavy atom. The van der Waals surface area contributed by atoms with E-state index < -0.39 is 5.25 Å². The van der Waals surface area contributed by atoms with Gasteiger partial charge in [0.05, 0.1) is 16.0 Å². The van der Waals surface area contributed by atoms with Crippen LogP contribution in [0, 0.1) is 0 Å². The van der Waals surface area contributed by atoms with Crippen LogP contribution in [-0.2, 0) is 4.79 Å². The molecule has 0 spiro atoms. The number of carbonyl (C=O) groups excluding carboxylic acids is 2. The minimum atomic E-state index is -0.397. The van der Waals surface area contributed by atoms with E-state index in [9.17, 15) is 9.59 Å². The summed E-state index contributed by atoms with van der Waals surface area (Å²) in [4.78, 5) is 26.2. The van der Waals surface area contributed by atoms with Crippen LogP contribution in [0.15, 0.2) is 89.8 Å². The molecular formula is C26H20Cl2N2O2S.